The van der Waals surface area contributed by atoms with Gasteiger partial charge in [0.05, 0.1) is 12.7 Å². The first kappa shape index (κ1) is 21.2. The normalized spacial score (nSPS) is 31.8. The molecular weight excluding hydrogens is 431 g/mol. The molecule has 3 fully saturated rings. The van der Waals surface area contributed by atoms with Crippen LogP contribution >= 0.6 is 24.0 Å². The van der Waals surface area contributed by atoms with Crippen molar-refractivity contribution in [1.29, 1.82) is 0 Å². The molecule has 6 nitrogen and oxygen atoms in total. The predicted octanol–water partition coefficient (Wildman–Crippen LogP) is 1.43. The summed E-state index contributed by atoms with van der Waals surface area (Å²) >= 11 is 0. The van der Waals surface area contributed by atoms with Crippen molar-refractivity contribution in [3.8, 4) is 0 Å². The first-order valence-corrected chi connectivity index (χ1v) is 9.70. The van der Waals surface area contributed by atoms with Crippen LogP contribution < -0.4 is 10.6 Å². The van der Waals surface area contributed by atoms with Gasteiger partial charge in [0, 0.05) is 51.8 Å². The van der Waals surface area contributed by atoms with Gasteiger partial charge in [-0.3, -0.25) is 4.99 Å². The van der Waals surface area contributed by atoms with Crippen molar-refractivity contribution in [3.63, 3.8) is 0 Å². The third kappa shape index (κ3) is 6.52. The lowest BCUT2D eigenvalue weighted by atomic mass is 10.0. The average Bonchev–Trinajstić information content (AvgIpc) is 3.25. The number of halogens is 1. The number of aliphatic hydroxyl groups excluding tert-OH is 1. The number of guanidine groups is 1. The van der Waals surface area contributed by atoms with Crippen LogP contribution in [0, 0.1) is 11.8 Å². The predicted molar refractivity (Wildman–Crippen MR) is 112 cm³/mol. The molecule has 3 rings (SSSR count). The Hall–Kier alpha value is -0.120. The Morgan fingerprint density at radius 3 is 2.60 bits per heavy atom. The van der Waals surface area contributed by atoms with Gasteiger partial charge in [0.2, 0.25) is 0 Å². The topological polar surface area (TPSA) is 69.1 Å². The summed E-state index contributed by atoms with van der Waals surface area (Å²) in [6.07, 6.45) is 6.63. The number of nitrogens with one attached hydrogen (secondary N) is 2. The highest BCUT2D eigenvalue weighted by Gasteiger charge is 2.26. The summed E-state index contributed by atoms with van der Waals surface area (Å²) in [5.41, 5.74) is 0. The van der Waals surface area contributed by atoms with E-state index in [1.54, 1.807) is 0 Å². The molecule has 3 unspecified atom stereocenters. The van der Waals surface area contributed by atoms with E-state index in [1.807, 2.05) is 7.05 Å². The molecule has 3 atom stereocenters. The van der Waals surface area contributed by atoms with E-state index in [0.717, 1.165) is 64.0 Å². The number of hydrogen-bond donors (Lipinski definition) is 3. The van der Waals surface area contributed by atoms with Gasteiger partial charge < -0.3 is 25.4 Å². The summed E-state index contributed by atoms with van der Waals surface area (Å²) in [6.45, 7) is 6.22. The highest BCUT2D eigenvalue weighted by atomic mass is 127. The molecule has 3 N–H and O–H groups in total. The monoisotopic (exact) mass is 466 g/mol. The maximum absolute atomic E-state index is 9.93. The van der Waals surface area contributed by atoms with Crippen molar-refractivity contribution in [2.24, 2.45) is 16.8 Å². The second-order valence-corrected chi connectivity index (χ2v) is 7.66. The van der Waals surface area contributed by atoms with Gasteiger partial charge in [0.1, 0.15) is 0 Å². The minimum absolute atomic E-state index is 0. The molecule has 2 saturated heterocycles. The van der Waals surface area contributed by atoms with Crippen LogP contribution in [0.2, 0.25) is 0 Å². The Bertz CT molecular complexity index is 410. The van der Waals surface area contributed by atoms with E-state index in [2.05, 4.69) is 20.5 Å². The number of likely N-dealkylation sites (tertiary alicyclic amines) is 1. The van der Waals surface area contributed by atoms with Crippen molar-refractivity contribution >= 4 is 29.9 Å². The standard InChI is InChI=1S/C18H34N4O2.HI/c1-19-18(20-11-15-3-2-4-17(15)23)21-16-5-8-22(9-6-16)12-14-7-10-24-13-14;/h14-17,23H,2-13H2,1H3,(H2,19,20,21);1H. The Morgan fingerprint density at radius 2 is 2.00 bits per heavy atom. The van der Waals surface area contributed by atoms with Gasteiger partial charge in [0.25, 0.3) is 0 Å². The number of aliphatic hydroxyl groups is 1. The molecule has 1 aliphatic carbocycles. The van der Waals surface area contributed by atoms with Crippen molar-refractivity contribution < 1.29 is 9.84 Å². The van der Waals surface area contributed by atoms with Crippen LogP contribution in [-0.4, -0.2) is 74.6 Å². The number of rotatable bonds is 5. The van der Waals surface area contributed by atoms with Crippen LogP contribution in [-0.2, 0) is 4.74 Å². The number of aliphatic imine (C=N–C) groups is 1. The van der Waals surface area contributed by atoms with Crippen molar-refractivity contribution in [1.82, 2.24) is 15.5 Å². The third-order valence-electron chi connectivity index (χ3n) is 5.84. The van der Waals surface area contributed by atoms with Crippen molar-refractivity contribution in [2.75, 3.05) is 46.4 Å². The van der Waals surface area contributed by atoms with Gasteiger partial charge in [-0.25, -0.2) is 0 Å². The van der Waals surface area contributed by atoms with Crippen molar-refractivity contribution in [3.05, 3.63) is 0 Å². The summed E-state index contributed by atoms with van der Waals surface area (Å²) < 4.78 is 5.48. The average molecular weight is 466 g/mol. The molecule has 1 saturated carbocycles. The minimum Gasteiger partial charge on any atom is -0.393 e. The number of nitrogens with zero attached hydrogens (tertiary/aromatic N) is 2. The molecule has 0 spiro atoms. The van der Waals surface area contributed by atoms with E-state index in [4.69, 9.17) is 4.74 Å². The lowest BCUT2D eigenvalue weighted by Crippen LogP contribution is -2.50. The van der Waals surface area contributed by atoms with Gasteiger partial charge >= 0.3 is 0 Å². The minimum atomic E-state index is -0.140. The van der Waals surface area contributed by atoms with E-state index in [0.29, 0.717) is 12.0 Å². The zero-order chi connectivity index (χ0) is 16.8. The van der Waals surface area contributed by atoms with E-state index < -0.39 is 0 Å². The Morgan fingerprint density at radius 1 is 1.20 bits per heavy atom. The summed E-state index contributed by atoms with van der Waals surface area (Å²) in [5.74, 6) is 2.00. The van der Waals surface area contributed by atoms with Crippen LogP contribution in [0.25, 0.3) is 0 Å². The zero-order valence-electron chi connectivity index (χ0n) is 15.5. The first-order valence-electron chi connectivity index (χ1n) is 9.70. The molecule has 2 aliphatic heterocycles. The zero-order valence-corrected chi connectivity index (χ0v) is 17.8. The molecular formula is C18H35IN4O2. The Labute approximate surface area is 169 Å². The van der Waals surface area contributed by atoms with E-state index in [1.165, 1.54) is 25.8 Å². The lowest BCUT2D eigenvalue weighted by molar-refractivity contribution is 0.134. The molecule has 25 heavy (non-hydrogen) atoms. The Kier molecular flexibility index (Phi) is 9.23. The third-order valence-corrected chi connectivity index (χ3v) is 5.84. The maximum Gasteiger partial charge on any atom is 0.191 e. The largest absolute Gasteiger partial charge is 0.393 e. The fourth-order valence-corrected chi connectivity index (χ4v) is 4.22. The molecule has 0 bridgehead atoms. The van der Waals surface area contributed by atoms with E-state index >= 15 is 0 Å². The molecule has 3 aliphatic rings. The van der Waals surface area contributed by atoms with Crippen LogP contribution in [0.5, 0.6) is 0 Å². The smallest absolute Gasteiger partial charge is 0.191 e. The number of hydrogen-bond acceptors (Lipinski definition) is 4. The van der Waals surface area contributed by atoms with Gasteiger partial charge in [-0.1, -0.05) is 6.42 Å². The summed E-state index contributed by atoms with van der Waals surface area (Å²) in [6, 6.07) is 0.501. The number of piperidine rings is 1. The SMILES string of the molecule is CN=C(NCC1CCCC1O)NC1CCN(CC2CCOC2)CC1.I. The molecule has 2 heterocycles. The molecule has 0 aromatic rings. The van der Waals surface area contributed by atoms with E-state index in [9.17, 15) is 5.11 Å². The molecule has 0 amide bonds. The fourth-order valence-electron chi connectivity index (χ4n) is 4.22. The fraction of sp³-hybridized carbons (Fsp3) is 0.944. The molecule has 146 valence electrons. The highest BCUT2D eigenvalue weighted by molar-refractivity contribution is 14.0. The van der Waals surface area contributed by atoms with Crippen LogP contribution in [0.3, 0.4) is 0 Å². The quantitative estimate of drug-likeness (QED) is 0.325. The second kappa shape index (κ2) is 10.9. The second-order valence-electron chi connectivity index (χ2n) is 7.66. The Balaban J connectivity index is 0.00000225. The molecule has 0 aromatic heterocycles. The molecule has 0 radical (unpaired) electrons. The summed E-state index contributed by atoms with van der Waals surface area (Å²) in [4.78, 5) is 6.94. The van der Waals surface area contributed by atoms with Gasteiger partial charge in [-0.15, -0.1) is 24.0 Å². The van der Waals surface area contributed by atoms with Crippen molar-refractivity contribution in [2.45, 2.75) is 50.7 Å². The number of ether oxygens (including phenoxy) is 1. The summed E-state index contributed by atoms with van der Waals surface area (Å²) in [7, 11) is 1.83. The highest BCUT2D eigenvalue weighted by Crippen LogP contribution is 2.24. The first-order chi connectivity index (χ1) is 11.7. The molecule has 0 aromatic carbocycles. The maximum atomic E-state index is 9.93. The lowest BCUT2D eigenvalue weighted by Gasteiger charge is -2.34. The van der Waals surface area contributed by atoms with Crippen LogP contribution in [0.1, 0.15) is 38.5 Å². The van der Waals surface area contributed by atoms with Gasteiger partial charge in [-0.05, 0) is 38.0 Å². The van der Waals surface area contributed by atoms with Gasteiger partial charge in [0.15, 0.2) is 5.96 Å². The van der Waals surface area contributed by atoms with E-state index in [-0.39, 0.29) is 30.1 Å². The molecule has 7 heteroatoms. The van der Waals surface area contributed by atoms with Crippen LogP contribution in [0.15, 0.2) is 4.99 Å². The van der Waals surface area contributed by atoms with Gasteiger partial charge in [-0.2, -0.15) is 0 Å². The van der Waals surface area contributed by atoms with Crippen LogP contribution in [0.4, 0.5) is 0 Å². The summed E-state index contributed by atoms with van der Waals surface area (Å²) in [5, 5.41) is 16.9.